The molecule has 0 aliphatic heterocycles. The summed E-state index contributed by atoms with van der Waals surface area (Å²) in [6.45, 7) is 8.52. The van der Waals surface area contributed by atoms with E-state index in [0.29, 0.717) is 11.7 Å². The van der Waals surface area contributed by atoms with Gasteiger partial charge in [-0.05, 0) is 104 Å². The Labute approximate surface area is 267 Å². The van der Waals surface area contributed by atoms with Gasteiger partial charge in [-0.25, -0.2) is 0 Å². The molecule has 0 bridgehead atoms. The molecule has 42 heavy (non-hydrogen) atoms. The van der Waals surface area contributed by atoms with Gasteiger partial charge in [-0.2, -0.15) is 0 Å². The van der Waals surface area contributed by atoms with Crippen LogP contribution < -0.4 is 0 Å². The second kappa shape index (κ2) is 14.0. The molecule has 2 fully saturated rings. The van der Waals surface area contributed by atoms with Crippen LogP contribution in [0.25, 0.3) is 22.0 Å². The Hall–Kier alpha value is -2.29. The minimum absolute atomic E-state index is 0. The van der Waals surface area contributed by atoms with Gasteiger partial charge in [0.1, 0.15) is 5.76 Å². The van der Waals surface area contributed by atoms with Gasteiger partial charge in [0, 0.05) is 42.7 Å². The molecule has 6 rings (SSSR count). The number of aliphatic hydroxyl groups excluding tert-OH is 1. The molecule has 1 heterocycles. The summed E-state index contributed by atoms with van der Waals surface area (Å²) in [6, 6.07) is 20.2. The number of allylic oxidation sites excluding steroid dienone is 2. The van der Waals surface area contributed by atoms with Crippen molar-refractivity contribution in [1.82, 2.24) is 4.98 Å². The molecule has 3 aromatic rings. The van der Waals surface area contributed by atoms with Crippen LogP contribution in [0.4, 0.5) is 0 Å². The van der Waals surface area contributed by atoms with E-state index in [2.05, 4.69) is 69.1 Å². The Morgan fingerprint density at radius 2 is 1.48 bits per heavy atom. The monoisotopic (exact) mass is 743 g/mol. The molecule has 2 aromatic carbocycles. The van der Waals surface area contributed by atoms with E-state index < -0.39 is 0 Å². The van der Waals surface area contributed by atoms with Gasteiger partial charge >= 0.3 is 0 Å². The SMILES string of the molecule is CCC1(CC)CCC2CCC(CC)(CC)C(O)=C2C1=O.[Ir].[c-]1ccccc1-c1nccc2c(C3CCCC3)cccc12. The molecule has 0 saturated heterocycles. The van der Waals surface area contributed by atoms with Crippen LogP contribution in [0.3, 0.4) is 0 Å². The van der Waals surface area contributed by atoms with Crippen molar-refractivity contribution in [3.63, 3.8) is 0 Å². The number of carbonyl (C=O) groups excluding carboxylic acids is 1. The Morgan fingerprint density at radius 1 is 0.810 bits per heavy atom. The molecule has 227 valence electrons. The summed E-state index contributed by atoms with van der Waals surface area (Å²) < 4.78 is 0. The zero-order chi connectivity index (χ0) is 29.0. The van der Waals surface area contributed by atoms with E-state index in [1.807, 2.05) is 24.4 Å². The average Bonchev–Trinajstić information content (AvgIpc) is 3.57. The number of hydrogen-bond donors (Lipinski definition) is 1. The predicted octanol–water partition coefficient (Wildman–Crippen LogP) is 10.5. The van der Waals surface area contributed by atoms with Gasteiger partial charge < -0.3 is 10.1 Å². The van der Waals surface area contributed by atoms with Gasteiger partial charge in [0.2, 0.25) is 0 Å². The van der Waals surface area contributed by atoms with Crippen molar-refractivity contribution in [2.75, 3.05) is 0 Å². The number of pyridine rings is 1. The van der Waals surface area contributed by atoms with Gasteiger partial charge in [0.25, 0.3) is 0 Å². The van der Waals surface area contributed by atoms with Gasteiger partial charge in [0.15, 0.2) is 5.78 Å². The molecular weight excluding hydrogens is 695 g/mol. The number of aliphatic hydroxyl groups is 1. The first-order valence-electron chi connectivity index (χ1n) is 16.3. The summed E-state index contributed by atoms with van der Waals surface area (Å²) in [7, 11) is 0. The molecule has 0 spiro atoms. The van der Waals surface area contributed by atoms with E-state index in [9.17, 15) is 9.90 Å². The molecule has 3 aliphatic rings. The first-order chi connectivity index (χ1) is 19.9. The van der Waals surface area contributed by atoms with E-state index in [1.165, 1.54) is 42.0 Å². The number of ketones is 1. The molecule has 2 saturated carbocycles. The Morgan fingerprint density at radius 3 is 2.10 bits per heavy atom. The molecule has 1 radical (unpaired) electrons. The first-order valence-corrected chi connectivity index (χ1v) is 16.3. The van der Waals surface area contributed by atoms with Gasteiger partial charge in [-0.3, -0.25) is 4.79 Å². The van der Waals surface area contributed by atoms with E-state index in [-0.39, 0.29) is 36.7 Å². The molecule has 1 aromatic heterocycles. The topological polar surface area (TPSA) is 50.2 Å². The van der Waals surface area contributed by atoms with Crippen molar-refractivity contribution in [1.29, 1.82) is 0 Å². The fourth-order valence-corrected chi connectivity index (χ4v) is 8.07. The van der Waals surface area contributed by atoms with Crippen LogP contribution in [0.5, 0.6) is 0 Å². The number of Topliss-reactive ketones (excluding diaryl/α,β-unsaturated/α-hetero) is 1. The number of aromatic nitrogens is 1. The molecule has 4 heteroatoms. The van der Waals surface area contributed by atoms with Crippen molar-refractivity contribution in [2.24, 2.45) is 16.7 Å². The summed E-state index contributed by atoms with van der Waals surface area (Å²) in [5.41, 5.74) is 4.11. The fraction of sp³-hybridized carbons (Fsp3) is 0.526. The second-order valence-electron chi connectivity index (χ2n) is 12.7. The number of fused-ring (bicyclic) bond motifs is 2. The maximum atomic E-state index is 13.1. The maximum Gasteiger partial charge on any atom is 0.168 e. The summed E-state index contributed by atoms with van der Waals surface area (Å²) in [5.74, 6) is 1.76. The van der Waals surface area contributed by atoms with Crippen LogP contribution in [0.2, 0.25) is 0 Å². The van der Waals surface area contributed by atoms with Gasteiger partial charge in [0.05, 0.1) is 0 Å². The maximum absolute atomic E-state index is 13.1. The smallest absolute Gasteiger partial charge is 0.168 e. The van der Waals surface area contributed by atoms with Crippen molar-refractivity contribution >= 4 is 16.6 Å². The van der Waals surface area contributed by atoms with E-state index in [0.717, 1.165) is 74.1 Å². The third-order valence-corrected chi connectivity index (χ3v) is 11.1. The van der Waals surface area contributed by atoms with Crippen LogP contribution in [0, 0.1) is 22.8 Å². The number of carbonyl (C=O) groups is 1. The van der Waals surface area contributed by atoms with E-state index >= 15 is 0 Å². The van der Waals surface area contributed by atoms with Crippen molar-refractivity contribution in [2.45, 2.75) is 111 Å². The standard InChI is InChI=1S/C20H18N.C18H30O2.Ir/c1-2-9-16(10-3-1)20-19-12-6-11-17(15-7-4-5-8-15)18(19)13-14-21-20;1-5-17(6-2)11-9-13-10-12-18(7-3,8-4)16(20)14(13)15(17)19;/h1-3,6,9,11-15H,4-5,7-8H2;13,19H,5-12H2,1-4H3;/q-1;;. The molecule has 1 atom stereocenters. The van der Waals surface area contributed by atoms with Crippen LogP contribution in [-0.4, -0.2) is 15.9 Å². The van der Waals surface area contributed by atoms with Crippen LogP contribution in [-0.2, 0) is 24.9 Å². The summed E-state index contributed by atoms with van der Waals surface area (Å²) in [6.07, 6.45) is 15.2. The first kappa shape index (κ1) is 32.6. The zero-order valence-electron chi connectivity index (χ0n) is 26.0. The normalized spacial score (nSPS) is 21.3. The number of benzene rings is 2. The molecule has 1 N–H and O–H groups in total. The zero-order valence-corrected chi connectivity index (χ0v) is 28.4. The van der Waals surface area contributed by atoms with Gasteiger partial charge in [-0.15, -0.1) is 35.9 Å². The van der Waals surface area contributed by atoms with Crippen LogP contribution in [0.15, 0.2) is 66.1 Å². The molecular formula is C38H48IrNO2-. The quantitative estimate of drug-likeness (QED) is 0.256. The third kappa shape index (κ3) is 5.91. The minimum Gasteiger partial charge on any atom is -0.511 e. The largest absolute Gasteiger partial charge is 0.511 e. The van der Waals surface area contributed by atoms with Crippen LogP contribution in [0.1, 0.15) is 116 Å². The van der Waals surface area contributed by atoms with Crippen molar-refractivity contribution in [3.05, 3.63) is 77.7 Å². The summed E-state index contributed by atoms with van der Waals surface area (Å²) in [4.78, 5) is 17.7. The minimum atomic E-state index is -0.204. The van der Waals surface area contributed by atoms with E-state index in [1.54, 1.807) is 0 Å². The Balaban J connectivity index is 0.000000189. The van der Waals surface area contributed by atoms with Crippen molar-refractivity contribution < 1.29 is 30.0 Å². The third-order valence-electron chi connectivity index (χ3n) is 11.1. The summed E-state index contributed by atoms with van der Waals surface area (Å²) >= 11 is 0. The molecule has 3 nitrogen and oxygen atoms in total. The van der Waals surface area contributed by atoms with Gasteiger partial charge in [-0.1, -0.05) is 58.7 Å². The number of rotatable bonds is 6. The number of hydrogen-bond acceptors (Lipinski definition) is 3. The Bertz CT molecular complexity index is 1380. The molecule has 3 aliphatic carbocycles. The average molecular weight is 743 g/mol. The second-order valence-corrected chi connectivity index (χ2v) is 12.7. The number of nitrogens with zero attached hydrogens (tertiary/aromatic N) is 1. The summed E-state index contributed by atoms with van der Waals surface area (Å²) in [5, 5.41) is 13.5. The fourth-order valence-electron chi connectivity index (χ4n) is 8.07. The van der Waals surface area contributed by atoms with Crippen LogP contribution >= 0.6 is 0 Å². The van der Waals surface area contributed by atoms with Crippen molar-refractivity contribution in [3.8, 4) is 11.3 Å². The Kier molecular flexibility index (Phi) is 10.9. The molecule has 0 amide bonds. The van der Waals surface area contributed by atoms with E-state index in [4.69, 9.17) is 0 Å². The molecule has 1 unspecified atom stereocenters. The predicted molar refractivity (Wildman–Crippen MR) is 170 cm³/mol.